The minimum atomic E-state index is 0.00650. The van der Waals surface area contributed by atoms with Gasteiger partial charge in [0.15, 0.2) is 5.16 Å². The molecule has 0 aromatic carbocycles. The molecular formula is C20H27N7O2S2. The molecule has 0 spiro atoms. The third kappa shape index (κ3) is 3.46. The number of carbonyl (C=O) groups excluding carboxylic acids is 1. The van der Waals surface area contributed by atoms with Crippen LogP contribution in [-0.2, 0) is 22.4 Å². The van der Waals surface area contributed by atoms with Gasteiger partial charge in [-0.1, -0.05) is 18.7 Å². The summed E-state index contributed by atoms with van der Waals surface area (Å²) in [7, 11) is 0. The van der Waals surface area contributed by atoms with E-state index in [1.54, 1.807) is 0 Å². The molecule has 2 saturated heterocycles. The van der Waals surface area contributed by atoms with Crippen LogP contribution in [-0.4, -0.2) is 52.3 Å². The number of ether oxygens (including phenoxy) is 1. The lowest BCUT2D eigenvalue weighted by atomic mass is 9.87. The van der Waals surface area contributed by atoms with Crippen molar-refractivity contribution in [3.8, 4) is 5.00 Å². The first-order chi connectivity index (χ1) is 15.2. The molecule has 0 radical (unpaired) electrons. The largest absolute Gasteiger partial charge is 0.376 e. The summed E-state index contributed by atoms with van der Waals surface area (Å²) in [5.74, 6) is 1.82. The van der Waals surface area contributed by atoms with Crippen molar-refractivity contribution < 1.29 is 9.53 Å². The van der Waals surface area contributed by atoms with Crippen LogP contribution in [0.1, 0.15) is 48.4 Å². The number of amides is 1. The third-order valence-electron chi connectivity index (χ3n) is 6.52. The van der Waals surface area contributed by atoms with E-state index in [0.717, 1.165) is 43.4 Å². The van der Waals surface area contributed by atoms with Gasteiger partial charge < -0.3 is 10.1 Å². The lowest BCUT2D eigenvalue weighted by Gasteiger charge is -2.31. The average Bonchev–Trinajstić information content (AvgIpc) is 3.55. The Bertz CT molecular complexity index is 1000. The number of thiophene rings is 1. The number of hydrogen-bond acceptors (Lipinski definition) is 9. The maximum absolute atomic E-state index is 12.4. The van der Waals surface area contributed by atoms with E-state index in [0.29, 0.717) is 24.9 Å². The van der Waals surface area contributed by atoms with E-state index < -0.39 is 0 Å². The zero-order valence-electron chi connectivity index (χ0n) is 17.5. The van der Waals surface area contributed by atoms with E-state index in [4.69, 9.17) is 4.74 Å². The van der Waals surface area contributed by atoms with Crippen molar-refractivity contribution in [2.45, 2.75) is 56.5 Å². The number of aryl methyl sites for hydroxylation is 1. The van der Waals surface area contributed by atoms with Crippen LogP contribution in [0, 0.1) is 5.92 Å². The lowest BCUT2D eigenvalue weighted by Crippen LogP contribution is -2.39. The quantitative estimate of drug-likeness (QED) is 0.580. The molecule has 3 aliphatic heterocycles. The standard InChI is InChI=1S/C20H27N7O2S2/c1-11-4-5-14-13(7-11)16-17-22-10-23-27(17)19-24-25-20(26(19)18(16)31-14)30-9-15(28)21-8-12-3-2-6-29-12/h11-12,17,22-23H,2-10H2,1H3,(H,21,28)/t11-,12+,17?/m1/s1. The molecule has 3 N–H and O–H groups in total. The molecule has 1 aliphatic carbocycles. The van der Waals surface area contributed by atoms with Gasteiger partial charge in [-0.05, 0) is 43.6 Å². The predicted octanol–water partition coefficient (Wildman–Crippen LogP) is 1.72. The Morgan fingerprint density at radius 3 is 3.19 bits per heavy atom. The number of thioether (sulfide) groups is 1. The average molecular weight is 462 g/mol. The summed E-state index contributed by atoms with van der Waals surface area (Å²) in [4.78, 5) is 13.9. The van der Waals surface area contributed by atoms with Gasteiger partial charge >= 0.3 is 0 Å². The molecule has 1 unspecified atom stereocenters. The maximum atomic E-state index is 12.4. The van der Waals surface area contributed by atoms with E-state index in [2.05, 4.69) is 42.8 Å². The van der Waals surface area contributed by atoms with Crippen LogP contribution in [0.15, 0.2) is 5.16 Å². The van der Waals surface area contributed by atoms with E-state index in [9.17, 15) is 4.79 Å². The highest BCUT2D eigenvalue weighted by Gasteiger charge is 2.42. The van der Waals surface area contributed by atoms with Gasteiger partial charge in [-0.2, -0.15) is 0 Å². The number of rotatable bonds is 5. The van der Waals surface area contributed by atoms with Crippen LogP contribution in [0.3, 0.4) is 0 Å². The van der Waals surface area contributed by atoms with Crippen LogP contribution < -0.4 is 21.1 Å². The lowest BCUT2D eigenvalue weighted by molar-refractivity contribution is -0.119. The molecule has 11 heteroatoms. The summed E-state index contributed by atoms with van der Waals surface area (Å²) < 4.78 is 7.73. The zero-order chi connectivity index (χ0) is 20.9. The van der Waals surface area contributed by atoms with E-state index in [1.807, 2.05) is 11.3 Å². The highest BCUT2D eigenvalue weighted by Crippen LogP contribution is 2.48. The summed E-state index contributed by atoms with van der Waals surface area (Å²) in [6.07, 6.45) is 5.85. The van der Waals surface area contributed by atoms with Gasteiger partial charge in [0, 0.05) is 23.6 Å². The van der Waals surface area contributed by atoms with Gasteiger partial charge in [-0.15, -0.1) is 21.5 Å². The third-order valence-corrected chi connectivity index (χ3v) is 8.75. The predicted molar refractivity (Wildman–Crippen MR) is 119 cm³/mol. The fourth-order valence-corrected chi connectivity index (χ4v) is 7.14. The fourth-order valence-electron chi connectivity index (χ4n) is 4.95. The molecule has 0 bridgehead atoms. The number of carbonyl (C=O) groups is 1. The second-order valence-corrected chi connectivity index (χ2v) is 10.8. The number of anilines is 1. The van der Waals surface area contributed by atoms with Gasteiger partial charge in [0.05, 0.1) is 18.5 Å². The maximum Gasteiger partial charge on any atom is 0.249 e. The molecule has 2 aromatic heterocycles. The molecule has 0 saturated carbocycles. The van der Waals surface area contributed by atoms with Crippen molar-refractivity contribution in [1.82, 2.24) is 30.8 Å². The molecule has 2 fully saturated rings. The first kappa shape index (κ1) is 20.0. The van der Waals surface area contributed by atoms with Crippen molar-refractivity contribution in [3.63, 3.8) is 0 Å². The molecule has 166 valence electrons. The van der Waals surface area contributed by atoms with E-state index in [-0.39, 0.29) is 18.2 Å². The van der Waals surface area contributed by atoms with Crippen molar-refractivity contribution in [1.29, 1.82) is 0 Å². The number of nitrogens with zero attached hydrogens (tertiary/aromatic N) is 4. The number of aromatic nitrogens is 3. The molecule has 1 amide bonds. The van der Waals surface area contributed by atoms with E-state index >= 15 is 0 Å². The Morgan fingerprint density at radius 1 is 1.39 bits per heavy atom. The summed E-state index contributed by atoms with van der Waals surface area (Å²) in [6, 6.07) is 0. The normalized spacial score (nSPS) is 26.4. The van der Waals surface area contributed by atoms with Gasteiger partial charge in [0.1, 0.15) is 11.2 Å². The first-order valence-corrected chi connectivity index (χ1v) is 12.9. The summed E-state index contributed by atoms with van der Waals surface area (Å²) in [5.41, 5.74) is 6.24. The number of hydrazine groups is 1. The van der Waals surface area contributed by atoms with Crippen LogP contribution in [0.4, 0.5) is 5.95 Å². The summed E-state index contributed by atoms with van der Waals surface area (Å²) in [5, 5.41) is 19.6. The molecule has 4 aliphatic rings. The molecule has 6 rings (SSSR count). The Hall–Kier alpha value is -1.66. The molecule has 5 heterocycles. The molecule has 9 nitrogen and oxygen atoms in total. The Morgan fingerprint density at radius 2 is 2.32 bits per heavy atom. The molecule has 31 heavy (non-hydrogen) atoms. The van der Waals surface area contributed by atoms with Crippen molar-refractivity contribution in [2.75, 3.05) is 30.6 Å². The topological polar surface area (TPSA) is 96.3 Å². The molecule has 2 aromatic rings. The van der Waals surface area contributed by atoms with Crippen molar-refractivity contribution in [2.24, 2.45) is 5.92 Å². The number of nitrogens with one attached hydrogen (secondary N) is 3. The van der Waals surface area contributed by atoms with Crippen LogP contribution >= 0.6 is 23.1 Å². The van der Waals surface area contributed by atoms with Gasteiger partial charge in [0.2, 0.25) is 11.9 Å². The SMILES string of the molecule is C[C@@H]1CCc2sc3c(c2C1)C1NCNN1c1nnc(SCC(=O)NC[C@@H]2CCCO2)n1-3. The number of fused-ring (bicyclic) bond motifs is 8. The second-order valence-electron chi connectivity index (χ2n) is 8.73. The zero-order valence-corrected chi connectivity index (χ0v) is 19.2. The Labute approximate surface area is 189 Å². The fraction of sp³-hybridized carbons (Fsp3) is 0.650. The van der Waals surface area contributed by atoms with Crippen molar-refractivity contribution >= 4 is 35.0 Å². The van der Waals surface area contributed by atoms with Gasteiger partial charge in [0.25, 0.3) is 0 Å². The minimum Gasteiger partial charge on any atom is -0.376 e. The summed E-state index contributed by atoms with van der Waals surface area (Å²) in [6.45, 7) is 4.43. The highest BCUT2D eigenvalue weighted by atomic mass is 32.2. The smallest absolute Gasteiger partial charge is 0.249 e. The van der Waals surface area contributed by atoms with E-state index in [1.165, 1.54) is 39.2 Å². The Balaban J connectivity index is 1.26. The van der Waals surface area contributed by atoms with Gasteiger partial charge in [-0.25, -0.2) is 9.99 Å². The van der Waals surface area contributed by atoms with Crippen LogP contribution in [0.25, 0.3) is 5.00 Å². The Kier molecular flexibility index (Phi) is 5.18. The van der Waals surface area contributed by atoms with Crippen molar-refractivity contribution in [3.05, 3.63) is 16.0 Å². The minimum absolute atomic E-state index is 0.00650. The monoisotopic (exact) mass is 461 g/mol. The highest BCUT2D eigenvalue weighted by molar-refractivity contribution is 7.99. The summed E-state index contributed by atoms with van der Waals surface area (Å²) >= 11 is 3.31. The van der Waals surface area contributed by atoms with Gasteiger partial charge in [-0.3, -0.25) is 15.1 Å². The van der Waals surface area contributed by atoms with Crippen LogP contribution in [0.5, 0.6) is 0 Å². The first-order valence-electron chi connectivity index (χ1n) is 11.1. The molecule has 3 atom stereocenters. The second kappa shape index (κ2) is 8.04. The van der Waals surface area contributed by atoms with Crippen LogP contribution in [0.2, 0.25) is 0 Å². The number of hydrogen-bond donors (Lipinski definition) is 3. The molecular weight excluding hydrogens is 434 g/mol.